The summed E-state index contributed by atoms with van der Waals surface area (Å²) in [6.45, 7) is 2.29. The summed E-state index contributed by atoms with van der Waals surface area (Å²) in [5.74, 6) is 3.11. The van der Waals surface area contributed by atoms with Gasteiger partial charge < -0.3 is 16.2 Å². The van der Waals surface area contributed by atoms with Crippen LogP contribution in [0.15, 0.2) is 42.5 Å². The molecule has 0 atom stereocenters. The normalized spacial score (nSPS) is 20.7. The van der Waals surface area contributed by atoms with Crippen LogP contribution in [0.5, 0.6) is 11.5 Å². The molecule has 0 aromatic heterocycles. The fourth-order valence-corrected chi connectivity index (χ4v) is 3.79. The molecule has 0 spiro atoms. The van der Waals surface area contributed by atoms with Gasteiger partial charge in [-0.15, -0.1) is 0 Å². The van der Waals surface area contributed by atoms with Crippen molar-refractivity contribution >= 4 is 11.4 Å². The van der Waals surface area contributed by atoms with E-state index < -0.39 is 0 Å². The molecule has 0 bridgehead atoms. The predicted octanol–water partition coefficient (Wildman–Crippen LogP) is 5.72. The van der Waals surface area contributed by atoms with Crippen molar-refractivity contribution in [2.24, 2.45) is 5.92 Å². The maximum atomic E-state index is 5.95. The Morgan fingerprint density at radius 3 is 2.29 bits per heavy atom. The number of ether oxygens (including phenoxy) is 1. The van der Waals surface area contributed by atoms with Gasteiger partial charge in [-0.25, -0.2) is 0 Å². The fourth-order valence-electron chi connectivity index (χ4n) is 3.79. The number of nitrogens with two attached hydrogens (primary N) is 2. The Labute approximate surface area is 145 Å². The molecule has 0 aliphatic heterocycles. The number of rotatable bonds is 5. The number of nitrogen functional groups attached to an aromatic ring is 2. The summed E-state index contributed by atoms with van der Waals surface area (Å²) in [5.41, 5.74) is 14.3. The highest BCUT2D eigenvalue weighted by atomic mass is 16.5. The molecule has 4 N–H and O–H groups in total. The molecule has 3 rings (SSSR count). The molecule has 3 heteroatoms. The minimum Gasteiger partial charge on any atom is -0.455 e. The largest absolute Gasteiger partial charge is 0.455 e. The fraction of sp³-hybridized carbons (Fsp3) is 0.429. The van der Waals surface area contributed by atoms with Crippen molar-refractivity contribution in [3.63, 3.8) is 0 Å². The summed E-state index contributed by atoms with van der Waals surface area (Å²) in [6.07, 6.45) is 8.08. The molecule has 0 radical (unpaired) electrons. The topological polar surface area (TPSA) is 61.3 Å². The lowest BCUT2D eigenvalue weighted by Gasteiger charge is -2.28. The molecule has 1 aliphatic carbocycles. The van der Waals surface area contributed by atoms with Crippen LogP contribution in [-0.4, -0.2) is 0 Å². The molecular formula is C21H28N2O. The quantitative estimate of drug-likeness (QED) is 0.692. The van der Waals surface area contributed by atoms with Crippen LogP contribution >= 0.6 is 0 Å². The Kier molecular flexibility index (Phi) is 5.29. The molecule has 24 heavy (non-hydrogen) atoms. The highest BCUT2D eigenvalue weighted by molar-refractivity contribution is 5.61. The van der Waals surface area contributed by atoms with Gasteiger partial charge >= 0.3 is 0 Å². The van der Waals surface area contributed by atoms with E-state index in [1.807, 2.05) is 18.2 Å². The van der Waals surface area contributed by atoms with Crippen molar-refractivity contribution < 1.29 is 4.74 Å². The molecular weight excluding hydrogens is 296 g/mol. The van der Waals surface area contributed by atoms with Crippen molar-refractivity contribution in [3.8, 4) is 11.5 Å². The summed E-state index contributed by atoms with van der Waals surface area (Å²) in [5, 5.41) is 0. The van der Waals surface area contributed by atoms with Crippen LogP contribution in [0.2, 0.25) is 0 Å². The van der Waals surface area contributed by atoms with E-state index in [2.05, 4.69) is 19.1 Å². The summed E-state index contributed by atoms with van der Waals surface area (Å²) >= 11 is 0. The van der Waals surface area contributed by atoms with Gasteiger partial charge in [-0.1, -0.05) is 31.9 Å². The van der Waals surface area contributed by atoms with Gasteiger partial charge in [-0.2, -0.15) is 0 Å². The molecule has 1 saturated carbocycles. The number of hydrogen-bond acceptors (Lipinski definition) is 3. The number of hydrogen-bond donors (Lipinski definition) is 2. The smallest absolute Gasteiger partial charge is 0.150 e. The minimum absolute atomic E-state index is 0.563. The lowest BCUT2D eigenvalue weighted by atomic mass is 9.77. The van der Waals surface area contributed by atoms with Gasteiger partial charge in [0.2, 0.25) is 0 Å². The molecule has 128 valence electrons. The van der Waals surface area contributed by atoms with Gasteiger partial charge in [0.05, 0.1) is 5.69 Å². The summed E-state index contributed by atoms with van der Waals surface area (Å²) in [6, 6.07) is 13.8. The Hall–Kier alpha value is -2.16. The second kappa shape index (κ2) is 7.61. The van der Waals surface area contributed by atoms with Crippen LogP contribution in [0.4, 0.5) is 11.4 Å². The standard InChI is InChI=1S/C21H28N2O/c1-2-3-15-4-6-16(7-5-15)17-8-11-19(12-9-17)24-21-13-10-18(22)14-20(21)23/h8-16H,2-7,22-23H2,1H3. The van der Waals surface area contributed by atoms with Crippen LogP contribution in [0.25, 0.3) is 0 Å². The molecule has 2 aromatic carbocycles. The van der Waals surface area contributed by atoms with Gasteiger partial charge in [0.15, 0.2) is 0 Å². The molecule has 2 aromatic rings. The van der Waals surface area contributed by atoms with Crippen LogP contribution in [0, 0.1) is 5.92 Å². The summed E-state index contributed by atoms with van der Waals surface area (Å²) < 4.78 is 5.87. The second-order valence-corrected chi connectivity index (χ2v) is 6.97. The Morgan fingerprint density at radius 2 is 1.67 bits per heavy atom. The zero-order valence-corrected chi connectivity index (χ0v) is 14.5. The van der Waals surface area contributed by atoms with Crippen molar-refractivity contribution in [1.82, 2.24) is 0 Å². The van der Waals surface area contributed by atoms with E-state index in [0.29, 0.717) is 23.0 Å². The molecule has 0 saturated heterocycles. The van der Waals surface area contributed by atoms with Gasteiger partial charge in [-0.05, 0) is 73.4 Å². The maximum absolute atomic E-state index is 5.95. The molecule has 3 nitrogen and oxygen atoms in total. The SMILES string of the molecule is CCCC1CCC(c2ccc(Oc3ccc(N)cc3N)cc2)CC1. The third-order valence-corrected chi connectivity index (χ3v) is 5.16. The van der Waals surface area contributed by atoms with E-state index in [-0.39, 0.29) is 0 Å². The average molecular weight is 324 g/mol. The second-order valence-electron chi connectivity index (χ2n) is 6.97. The molecule has 0 unspecified atom stereocenters. The van der Waals surface area contributed by atoms with Gasteiger partial charge in [0.25, 0.3) is 0 Å². The highest BCUT2D eigenvalue weighted by Crippen LogP contribution is 2.38. The summed E-state index contributed by atoms with van der Waals surface area (Å²) in [4.78, 5) is 0. The Bertz CT molecular complexity index is 658. The van der Waals surface area contributed by atoms with E-state index in [9.17, 15) is 0 Å². The average Bonchev–Trinajstić information content (AvgIpc) is 2.59. The van der Waals surface area contributed by atoms with E-state index in [1.165, 1.54) is 44.1 Å². The van der Waals surface area contributed by atoms with Crippen molar-refractivity contribution in [2.75, 3.05) is 11.5 Å². The molecule has 0 heterocycles. The Morgan fingerprint density at radius 1 is 0.958 bits per heavy atom. The lowest BCUT2D eigenvalue weighted by Crippen LogP contribution is -2.13. The van der Waals surface area contributed by atoms with E-state index in [1.54, 1.807) is 12.1 Å². The number of benzene rings is 2. The Balaban J connectivity index is 1.61. The molecule has 0 amide bonds. The first-order valence-electron chi connectivity index (χ1n) is 9.08. The molecule has 1 aliphatic rings. The minimum atomic E-state index is 0.563. The zero-order valence-electron chi connectivity index (χ0n) is 14.5. The first kappa shape index (κ1) is 16.7. The van der Waals surface area contributed by atoms with Crippen LogP contribution in [-0.2, 0) is 0 Å². The van der Waals surface area contributed by atoms with E-state index >= 15 is 0 Å². The van der Waals surface area contributed by atoms with E-state index in [4.69, 9.17) is 16.2 Å². The lowest BCUT2D eigenvalue weighted by molar-refractivity contribution is 0.308. The van der Waals surface area contributed by atoms with Gasteiger partial charge in [0.1, 0.15) is 11.5 Å². The first-order chi connectivity index (χ1) is 11.7. The van der Waals surface area contributed by atoms with Gasteiger partial charge in [0, 0.05) is 5.69 Å². The van der Waals surface area contributed by atoms with Crippen LogP contribution in [0.1, 0.15) is 56.9 Å². The van der Waals surface area contributed by atoms with Crippen LogP contribution in [0.3, 0.4) is 0 Å². The van der Waals surface area contributed by atoms with Crippen molar-refractivity contribution in [3.05, 3.63) is 48.0 Å². The van der Waals surface area contributed by atoms with Crippen molar-refractivity contribution in [2.45, 2.75) is 51.4 Å². The van der Waals surface area contributed by atoms with E-state index in [0.717, 1.165) is 11.7 Å². The monoisotopic (exact) mass is 324 g/mol. The molecule has 1 fully saturated rings. The zero-order chi connectivity index (χ0) is 16.9. The third kappa shape index (κ3) is 4.02. The third-order valence-electron chi connectivity index (χ3n) is 5.16. The predicted molar refractivity (Wildman–Crippen MR) is 101 cm³/mol. The summed E-state index contributed by atoms with van der Waals surface area (Å²) in [7, 11) is 0. The highest BCUT2D eigenvalue weighted by Gasteiger charge is 2.21. The maximum Gasteiger partial charge on any atom is 0.150 e. The van der Waals surface area contributed by atoms with Crippen molar-refractivity contribution in [1.29, 1.82) is 0 Å². The van der Waals surface area contributed by atoms with Gasteiger partial charge in [-0.3, -0.25) is 0 Å². The number of anilines is 2. The first-order valence-corrected chi connectivity index (χ1v) is 9.08. The van der Waals surface area contributed by atoms with Crippen LogP contribution < -0.4 is 16.2 Å².